The van der Waals surface area contributed by atoms with E-state index in [0.29, 0.717) is 11.1 Å². The summed E-state index contributed by atoms with van der Waals surface area (Å²) in [5.74, 6) is -0.307. The van der Waals surface area contributed by atoms with Crippen molar-refractivity contribution in [2.45, 2.75) is 40.0 Å². The summed E-state index contributed by atoms with van der Waals surface area (Å²) >= 11 is 0. The van der Waals surface area contributed by atoms with E-state index >= 15 is 0 Å². The maximum absolute atomic E-state index is 13.2. The van der Waals surface area contributed by atoms with Gasteiger partial charge >= 0.3 is 0 Å². The van der Waals surface area contributed by atoms with Crippen LogP contribution in [0.4, 0.5) is 4.39 Å². The molecular weight excluding hydrogens is 347 g/mol. The number of benzene rings is 2. The molecule has 0 saturated carbocycles. The van der Waals surface area contributed by atoms with E-state index in [1.807, 2.05) is 6.08 Å². The molecule has 0 radical (unpaired) electrons. The van der Waals surface area contributed by atoms with E-state index in [2.05, 4.69) is 75.6 Å². The lowest BCUT2D eigenvalue weighted by Gasteiger charge is -2.20. The number of nitriles is 1. The molecular formula is C25H25FN2. The fourth-order valence-corrected chi connectivity index (χ4v) is 3.41. The van der Waals surface area contributed by atoms with Crippen LogP contribution in [0.5, 0.6) is 0 Å². The second kappa shape index (κ2) is 7.48. The number of nitrogens with zero attached hydrogens (tertiary/aromatic N) is 2. The van der Waals surface area contributed by atoms with Crippen molar-refractivity contribution in [1.29, 1.82) is 5.26 Å². The van der Waals surface area contributed by atoms with Crippen LogP contribution in [0.2, 0.25) is 0 Å². The molecule has 3 heteroatoms. The predicted molar refractivity (Wildman–Crippen MR) is 114 cm³/mol. The zero-order valence-corrected chi connectivity index (χ0v) is 17.0. The van der Waals surface area contributed by atoms with Crippen LogP contribution in [0.1, 0.15) is 48.8 Å². The van der Waals surface area contributed by atoms with Crippen LogP contribution < -0.4 is 0 Å². The fraction of sp³-hybridized carbons (Fsp3) is 0.240. The molecule has 0 saturated heterocycles. The Morgan fingerprint density at radius 3 is 2.14 bits per heavy atom. The van der Waals surface area contributed by atoms with E-state index in [1.54, 1.807) is 12.1 Å². The molecule has 28 heavy (non-hydrogen) atoms. The third-order valence-corrected chi connectivity index (χ3v) is 5.04. The first kappa shape index (κ1) is 19.6. The molecule has 2 aromatic carbocycles. The van der Waals surface area contributed by atoms with Crippen LogP contribution in [0, 0.1) is 31.0 Å². The predicted octanol–water partition coefficient (Wildman–Crippen LogP) is 6.59. The lowest BCUT2D eigenvalue weighted by Crippen LogP contribution is -2.11. The van der Waals surface area contributed by atoms with E-state index in [-0.39, 0.29) is 11.2 Å². The van der Waals surface area contributed by atoms with Crippen molar-refractivity contribution in [2.24, 2.45) is 0 Å². The Bertz CT molecular complexity index is 1050. The van der Waals surface area contributed by atoms with Gasteiger partial charge in [0.1, 0.15) is 5.82 Å². The summed E-state index contributed by atoms with van der Waals surface area (Å²) in [6.07, 6.45) is 1.87. The molecule has 0 fully saturated rings. The highest BCUT2D eigenvalue weighted by molar-refractivity contribution is 5.90. The Morgan fingerprint density at radius 2 is 1.61 bits per heavy atom. The maximum Gasteiger partial charge on any atom is 0.123 e. The summed E-state index contributed by atoms with van der Waals surface area (Å²) in [6, 6.07) is 18.9. The fourth-order valence-electron chi connectivity index (χ4n) is 3.41. The molecule has 0 aliphatic carbocycles. The van der Waals surface area contributed by atoms with E-state index < -0.39 is 0 Å². The number of hydrogen-bond acceptors (Lipinski definition) is 1. The maximum atomic E-state index is 13.2. The molecule has 3 aromatic rings. The van der Waals surface area contributed by atoms with E-state index in [0.717, 1.165) is 22.6 Å². The standard InChI is InChI=1S/C25H25FN2/c1-17-14-20(15-21(16-27)19-6-10-23(26)11-7-19)18(2)28(17)24-12-8-22(9-13-24)25(3,4)5/h6-15H,1-5H3. The summed E-state index contributed by atoms with van der Waals surface area (Å²) in [5.41, 5.74) is 6.89. The van der Waals surface area contributed by atoms with Gasteiger partial charge < -0.3 is 4.57 Å². The third kappa shape index (κ3) is 3.92. The van der Waals surface area contributed by atoms with Gasteiger partial charge in [-0.05, 0) is 72.4 Å². The number of hydrogen-bond donors (Lipinski definition) is 0. The van der Waals surface area contributed by atoms with Crippen molar-refractivity contribution in [3.05, 3.63) is 88.5 Å². The van der Waals surface area contributed by atoms with Crippen LogP contribution in [0.3, 0.4) is 0 Å². The van der Waals surface area contributed by atoms with Crippen LogP contribution in [0.15, 0.2) is 54.6 Å². The molecule has 0 unspecified atom stereocenters. The Hall–Kier alpha value is -3.12. The SMILES string of the molecule is Cc1cc(C=C(C#N)c2ccc(F)cc2)c(C)n1-c1ccc(C(C)(C)C)cc1. The van der Waals surface area contributed by atoms with Gasteiger partial charge in [0.25, 0.3) is 0 Å². The zero-order chi connectivity index (χ0) is 20.5. The normalized spacial score (nSPS) is 12.1. The Morgan fingerprint density at radius 1 is 1.00 bits per heavy atom. The largest absolute Gasteiger partial charge is 0.318 e. The van der Waals surface area contributed by atoms with Gasteiger partial charge in [-0.3, -0.25) is 0 Å². The highest BCUT2D eigenvalue weighted by Crippen LogP contribution is 2.27. The van der Waals surface area contributed by atoms with E-state index in [4.69, 9.17) is 0 Å². The summed E-state index contributed by atoms with van der Waals surface area (Å²) in [6.45, 7) is 10.7. The molecule has 0 atom stereocenters. The number of rotatable bonds is 3. The first-order valence-corrected chi connectivity index (χ1v) is 9.38. The van der Waals surface area contributed by atoms with Gasteiger partial charge in [-0.15, -0.1) is 0 Å². The molecule has 3 rings (SSSR count). The third-order valence-electron chi connectivity index (χ3n) is 5.04. The zero-order valence-electron chi connectivity index (χ0n) is 17.0. The van der Waals surface area contributed by atoms with Gasteiger partial charge in [0.05, 0.1) is 11.6 Å². The van der Waals surface area contributed by atoms with Crippen molar-refractivity contribution in [1.82, 2.24) is 4.57 Å². The molecule has 0 N–H and O–H groups in total. The molecule has 0 spiro atoms. The molecule has 0 amide bonds. The Kier molecular flexibility index (Phi) is 5.25. The van der Waals surface area contributed by atoms with Gasteiger partial charge in [0.15, 0.2) is 0 Å². The lowest BCUT2D eigenvalue weighted by atomic mass is 9.87. The van der Waals surface area contributed by atoms with Crippen LogP contribution in [0.25, 0.3) is 17.3 Å². The van der Waals surface area contributed by atoms with Gasteiger partial charge in [-0.2, -0.15) is 5.26 Å². The summed E-state index contributed by atoms with van der Waals surface area (Å²) in [4.78, 5) is 0. The van der Waals surface area contributed by atoms with Gasteiger partial charge in [-0.1, -0.05) is 45.0 Å². The quantitative estimate of drug-likeness (QED) is 0.476. The number of halogens is 1. The summed E-state index contributed by atoms with van der Waals surface area (Å²) < 4.78 is 15.4. The minimum absolute atomic E-state index is 0.115. The molecule has 1 heterocycles. The summed E-state index contributed by atoms with van der Waals surface area (Å²) in [7, 11) is 0. The van der Waals surface area contributed by atoms with Crippen molar-refractivity contribution in [2.75, 3.05) is 0 Å². The molecule has 0 aliphatic heterocycles. The molecule has 0 aliphatic rings. The first-order chi connectivity index (χ1) is 13.2. The Balaban J connectivity index is 2.02. The first-order valence-electron chi connectivity index (χ1n) is 9.38. The average molecular weight is 372 g/mol. The number of aryl methyl sites for hydroxylation is 1. The van der Waals surface area contributed by atoms with Crippen molar-refractivity contribution >= 4 is 11.6 Å². The van der Waals surface area contributed by atoms with Gasteiger partial charge in [-0.25, -0.2) is 4.39 Å². The van der Waals surface area contributed by atoms with Gasteiger partial charge in [0, 0.05) is 17.1 Å². The molecule has 1 aromatic heterocycles. The Labute approximate surface area is 166 Å². The second-order valence-electron chi connectivity index (χ2n) is 8.14. The second-order valence-corrected chi connectivity index (χ2v) is 8.14. The van der Waals surface area contributed by atoms with Crippen LogP contribution in [-0.2, 0) is 5.41 Å². The van der Waals surface area contributed by atoms with Crippen molar-refractivity contribution < 1.29 is 4.39 Å². The minimum atomic E-state index is -0.307. The molecule has 142 valence electrons. The topological polar surface area (TPSA) is 28.7 Å². The average Bonchev–Trinajstić information content (AvgIpc) is 2.93. The van der Waals surface area contributed by atoms with Crippen molar-refractivity contribution in [3.63, 3.8) is 0 Å². The van der Waals surface area contributed by atoms with Crippen molar-refractivity contribution in [3.8, 4) is 11.8 Å². The molecule has 0 bridgehead atoms. The lowest BCUT2D eigenvalue weighted by molar-refractivity contribution is 0.590. The smallest absolute Gasteiger partial charge is 0.123 e. The number of aromatic nitrogens is 1. The van der Waals surface area contributed by atoms with Crippen LogP contribution >= 0.6 is 0 Å². The highest BCUT2D eigenvalue weighted by Gasteiger charge is 2.15. The van der Waals surface area contributed by atoms with E-state index in [9.17, 15) is 9.65 Å². The van der Waals surface area contributed by atoms with Gasteiger partial charge in [0.2, 0.25) is 0 Å². The van der Waals surface area contributed by atoms with E-state index in [1.165, 1.54) is 17.7 Å². The summed E-state index contributed by atoms with van der Waals surface area (Å²) in [5, 5.41) is 9.58. The monoisotopic (exact) mass is 372 g/mol. The minimum Gasteiger partial charge on any atom is -0.318 e. The van der Waals surface area contributed by atoms with Crippen LogP contribution in [-0.4, -0.2) is 4.57 Å². The number of allylic oxidation sites excluding steroid dienone is 1. The highest BCUT2D eigenvalue weighted by atomic mass is 19.1. The molecule has 2 nitrogen and oxygen atoms in total.